The largest absolute Gasteiger partial charge is 0.309 e. The molecule has 0 aliphatic carbocycles. The number of nitrogens with zero attached hydrogens (tertiary/aromatic N) is 5. The molecule has 3 aromatic heterocycles. The summed E-state index contributed by atoms with van der Waals surface area (Å²) in [7, 11) is 0. The Kier molecular flexibility index (Phi) is 7.16. The van der Waals surface area contributed by atoms with E-state index in [9.17, 15) is 0 Å². The average Bonchev–Trinajstić information content (AvgIpc) is 3.83. The summed E-state index contributed by atoms with van der Waals surface area (Å²) in [6.45, 7) is 0. The number of rotatable bonds is 5. The number of aromatic nitrogens is 5. The molecule has 0 fully saturated rings. The molecule has 270 valence electrons. The molecule has 0 radical (unpaired) electrons. The summed E-state index contributed by atoms with van der Waals surface area (Å²) in [5.74, 6) is 1.90. The maximum absolute atomic E-state index is 5.10. The third kappa shape index (κ3) is 4.93. The van der Waals surface area contributed by atoms with Gasteiger partial charge in [0.2, 0.25) is 0 Å². The lowest BCUT2D eigenvalue weighted by molar-refractivity contribution is 1.07. The van der Waals surface area contributed by atoms with Gasteiger partial charge in [-0.25, -0.2) is 15.0 Å². The van der Waals surface area contributed by atoms with Crippen LogP contribution >= 0.6 is 0 Å². The van der Waals surface area contributed by atoms with Crippen LogP contribution in [-0.2, 0) is 0 Å². The van der Waals surface area contributed by atoms with Crippen LogP contribution in [0.25, 0.3) is 111 Å². The molecule has 0 saturated heterocycles. The van der Waals surface area contributed by atoms with Gasteiger partial charge in [-0.15, -0.1) is 0 Å². The van der Waals surface area contributed by atoms with Gasteiger partial charge in [0, 0.05) is 60.4 Å². The third-order valence-corrected chi connectivity index (χ3v) is 11.5. The van der Waals surface area contributed by atoms with E-state index in [1.807, 2.05) is 60.7 Å². The van der Waals surface area contributed by atoms with Crippen molar-refractivity contribution in [1.29, 1.82) is 0 Å². The molecule has 0 amide bonds. The Bertz CT molecular complexity index is 3490. The molecule has 0 saturated carbocycles. The van der Waals surface area contributed by atoms with E-state index in [-0.39, 0.29) is 0 Å². The quantitative estimate of drug-likeness (QED) is 0.177. The van der Waals surface area contributed by atoms with Crippen molar-refractivity contribution in [3.8, 4) is 45.5 Å². The first-order chi connectivity index (χ1) is 28.8. The lowest BCUT2D eigenvalue weighted by Crippen LogP contribution is -2.01. The molecule has 12 rings (SSSR count). The number of para-hydroxylation sites is 1. The predicted octanol–water partition coefficient (Wildman–Crippen LogP) is 13.4. The van der Waals surface area contributed by atoms with Gasteiger partial charge in [-0.05, 0) is 41.1 Å². The van der Waals surface area contributed by atoms with E-state index in [0.29, 0.717) is 17.5 Å². The SMILES string of the molecule is c1ccc(-c2nc(-c3ccccc3)nc(-c3cccc(-n4c5ccc6c7ccc8ccccc8c7n(-c7ccccc7)c6c5c5ccc6ccccc6c54)c3)n2)cc1. The summed E-state index contributed by atoms with van der Waals surface area (Å²) >= 11 is 0. The van der Waals surface area contributed by atoms with Gasteiger partial charge in [-0.2, -0.15) is 0 Å². The monoisotopic (exact) mass is 739 g/mol. The molecule has 0 atom stereocenters. The maximum atomic E-state index is 5.10. The van der Waals surface area contributed by atoms with E-state index < -0.39 is 0 Å². The minimum absolute atomic E-state index is 0.624. The predicted molar refractivity (Wildman–Crippen MR) is 240 cm³/mol. The first kappa shape index (κ1) is 32.4. The molecule has 3 heterocycles. The zero-order valence-corrected chi connectivity index (χ0v) is 31.3. The van der Waals surface area contributed by atoms with Crippen LogP contribution in [0.3, 0.4) is 0 Å². The van der Waals surface area contributed by atoms with E-state index in [2.05, 4.69) is 149 Å². The zero-order valence-electron chi connectivity index (χ0n) is 31.3. The third-order valence-electron chi connectivity index (χ3n) is 11.5. The van der Waals surface area contributed by atoms with Crippen molar-refractivity contribution in [1.82, 2.24) is 24.1 Å². The van der Waals surface area contributed by atoms with Crippen molar-refractivity contribution in [2.45, 2.75) is 0 Å². The van der Waals surface area contributed by atoms with Crippen molar-refractivity contribution in [3.63, 3.8) is 0 Å². The summed E-state index contributed by atoms with van der Waals surface area (Å²) in [6, 6.07) is 70.9. The molecule has 12 aromatic rings. The van der Waals surface area contributed by atoms with Gasteiger partial charge < -0.3 is 9.13 Å². The summed E-state index contributed by atoms with van der Waals surface area (Å²) in [6.07, 6.45) is 0. The summed E-state index contributed by atoms with van der Waals surface area (Å²) in [5, 5.41) is 9.72. The van der Waals surface area contributed by atoms with Crippen LogP contribution in [0.1, 0.15) is 0 Å². The second-order valence-corrected chi connectivity index (χ2v) is 14.8. The van der Waals surface area contributed by atoms with E-state index in [4.69, 9.17) is 15.0 Å². The number of hydrogen-bond donors (Lipinski definition) is 0. The molecule has 0 aliphatic heterocycles. The molecular weight excluding hydrogens is 707 g/mol. The molecule has 5 nitrogen and oxygen atoms in total. The van der Waals surface area contributed by atoms with E-state index >= 15 is 0 Å². The van der Waals surface area contributed by atoms with Gasteiger partial charge in [0.15, 0.2) is 17.5 Å². The van der Waals surface area contributed by atoms with Crippen molar-refractivity contribution < 1.29 is 0 Å². The van der Waals surface area contributed by atoms with E-state index in [1.54, 1.807) is 0 Å². The van der Waals surface area contributed by atoms with Crippen molar-refractivity contribution in [2.24, 2.45) is 0 Å². The fourth-order valence-corrected chi connectivity index (χ4v) is 8.95. The maximum Gasteiger partial charge on any atom is 0.164 e. The summed E-state index contributed by atoms with van der Waals surface area (Å²) < 4.78 is 4.93. The fourth-order valence-electron chi connectivity index (χ4n) is 8.95. The standard InChI is InChI=1S/C53H33N5/c1-4-17-36(18-5-1)51-54-52(37-19-6-2-7-20-37)56-53(55-51)38-21-14-24-40(33-38)57-46-32-31-44-43-29-27-34-15-10-12-25-41(34)48(43)58(39-22-8-3-9-23-39)50(44)47(46)45-30-28-35-16-11-13-26-42(35)49(45)57/h1-33H. The Morgan fingerprint density at radius 3 is 1.40 bits per heavy atom. The second kappa shape index (κ2) is 12.8. The highest BCUT2D eigenvalue weighted by Crippen LogP contribution is 2.45. The molecule has 0 spiro atoms. The zero-order chi connectivity index (χ0) is 38.2. The molecule has 58 heavy (non-hydrogen) atoms. The van der Waals surface area contributed by atoms with Crippen LogP contribution < -0.4 is 0 Å². The van der Waals surface area contributed by atoms with Crippen LogP contribution in [0, 0.1) is 0 Å². The first-order valence-electron chi connectivity index (χ1n) is 19.6. The van der Waals surface area contributed by atoms with Gasteiger partial charge in [-0.3, -0.25) is 0 Å². The summed E-state index contributed by atoms with van der Waals surface area (Å²) in [5.41, 5.74) is 9.67. The van der Waals surface area contributed by atoms with Crippen molar-refractivity contribution >= 4 is 65.2 Å². The van der Waals surface area contributed by atoms with Gasteiger partial charge in [0.25, 0.3) is 0 Å². The van der Waals surface area contributed by atoms with E-state index in [0.717, 1.165) is 39.1 Å². The minimum atomic E-state index is 0.624. The topological polar surface area (TPSA) is 48.5 Å². The molecule has 0 bridgehead atoms. The van der Waals surface area contributed by atoms with Crippen molar-refractivity contribution in [2.75, 3.05) is 0 Å². The highest BCUT2D eigenvalue weighted by molar-refractivity contribution is 6.31. The smallest absolute Gasteiger partial charge is 0.164 e. The first-order valence-corrected chi connectivity index (χ1v) is 19.6. The number of fused-ring (bicyclic) bond motifs is 11. The van der Waals surface area contributed by atoms with Crippen LogP contribution in [0.4, 0.5) is 0 Å². The lowest BCUT2D eigenvalue weighted by Gasteiger charge is -2.13. The summed E-state index contributed by atoms with van der Waals surface area (Å²) in [4.78, 5) is 15.2. The van der Waals surface area contributed by atoms with Gasteiger partial charge in [0.05, 0.1) is 22.1 Å². The molecular formula is C53H33N5. The minimum Gasteiger partial charge on any atom is -0.309 e. The highest BCUT2D eigenvalue weighted by Gasteiger charge is 2.23. The molecule has 5 heteroatoms. The molecule has 9 aromatic carbocycles. The Labute approximate surface area is 333 Å². The molecule has 0 N–H and O–H groups in total. The van der Waals surface area contributed by atoms with Crippen LogP contribution in [0.2, 0.25) is 0 Å². The Hall–Kier alpha value is -7.89. The molecule has 0 unspecified atom stereocenters. The van der Waals surface area contributed by atoms with Crippen LogP contribution in [0.15, 0.2) is 200 Å². The van der Waals surface area contributed by atoms with Crippen molar-refractivity contribution in [3.05, 3.63) is 200 Å². The van der Waals surface area contributed by atoms with Crippen LogP contribution in [0.5, 0.6) is 0 Å². The lowest BCUT2D eigenvalue weighted by atomic mass is 10.0. The Balaban J connectivity index is 1.18. The normalized spacial score (nSPS) is 11.8. The van der Waals surface area contributed by atoms with E-state index in [1.165, 1.54) is 54.1 Å². The average molecular weight is 740 g/mol. The highest BCUT2D eigenvalue weighted by atomic mass is 15.0. The number of hydrogen-bond acceptors (Lipinski definition) is 3. The Morgan fingerprint density at radius 1 is 0.293 bits per heavy atom. The Morgan fingerprint density at radius 2 is 0.759 bits per heavy atom. The fraction of sp³-hybridized carbons (Fsp3) is 0. The van der Waals surface area contributed by atoms with Gasteiger partial charge >= 0.3 is 0 Å². The number of benzene rings is 9. The molecule has 0 aliphatic rings. The second-order valence-electron chi connectivity index (χ2n) is 14.8. The van der Waals surface area contributed by atoms with Crippen LogP contribution in [-0.4, -0.2) is 24.1 Å². The van der Waals surface area contributed by atoms with Gasteiger partial charge in [0.1, 0.15) is 0 Å². The van der Waals surface area contributed by atoms with Gasteiger partial charge in [-0.1, -0.05) is 170 Å².